The van der Waals surface area contributed by atoms with Crippen LogP contribution in [-0.4, -0.2) is 37.5 Å². The van der Waals surface area contributed by atoms with Crippen LogP contribution < -0.4 is 5.32 Å². The van der Waals surface area contributed by atoms with Gasteiger partial charge in [0.05, 0.1) is 17.2 Å². The summed E-state index contributed by atoms with van der Waals surface area (Å²) in [4.78, 5) is 3.79. The van der Waals surface area contributed by atoms with Crippen LogP contribution in [0.2, 0.25) is 0 Å². The van der Waals surface area contributed by atoms with E-state index in [2.05, 4.69) is 10.3 Å². The maximum atomic E-state index is 12.3. The molecular formula is C12H17F3N2OS. The Balaban J connectivity index is 2.20. The van der Waals surface area contributed by atoms with Gasteiger partial charge in [-0.3, -0.25) is 0 Å². The van der Waals surface area contributed by atoms with Crippen molar-refractivity contribution < 1.29 is 17.9 Å². The lowest BCUT2D eigenvalue weighted by molar-refractivity contribution is -0.137. The van der Waals surface area contributed by atoms with Gasteiger partial charge in [-0.2, -0.15) is 13.2 Å². The molecule has 0 saturated heterocycles. The fourth-order valence-corrected chi connectivity index (χ4v) is 2.10. The summed E-state index contributed by atoms with van der Waals surface area (Å²) in [5, 5.41) is 3.81. The van der Waals surface area contributed by atoms with Crippen LogP contribution in [0.5, 0.6) is 0 Å². The van der Waals surface area contributed by atoms with E-state index in [1.165, 1.54) is 17.8 Å². The molecule has 1 N–H and O–H groups in total. The largest absolute Gasteiger partial charge is 0.417 e. The van der Waals surface area contributed by atoms with E-state index < -0.39 is 11.7 Å². The number of thioether (sulfide) groups is 1. The number of hydrogen-bond donors (Lipinski definition) is 1. The van der Waals surface area contributed by atoms with Crippen molar-refractivity contribution in [1.29, 1.82) is 0 Å². The van der Waals surface area contributed by atoms with Crippen molar-refractivity contribution in [1.82, 2.24) is 10.3 Å². The van der Waals surface area contributed by atoms with Crippen LogP contribution in [0.1, 0.15) is 12.0 Å². The molecule has 0 spiro atoms. The minimum Gasteiger partial charge on any atom is -0.383 e. The van der Waals surface area contributed by atoms with Crippen molar-refractivity contribution in [3.05, 3.63) is 23.9 Å². The highest BCUT2D eigenvalue weighted by Crippen LogP contribution is 2.29. The number of nitrogens with one attached hydrogen (secondary N) is 1. The van der Waals surface area contributed by atoms with Crippen LogP contribution in [0.4, 0.5) is 13.2 Å². The minimum atomic E-state index is -4.32. The molecule has 1 rings (SSSR count). The highest BCUT2D eigenvalue weighted by molar-refractivity contribution is 7.99. The second-order valence-electron chi connectivity index (χ2n) is 3.83. The van der Waals surface area contributed by atoms with Crippen LogP contribution >= 0.6 is 11.8 Å². The molecule has 0 aliphatic rings. The number of nitrogens with zero attached hydrogens (tertiary/aromatic N) is 1. The number of ether oxygens (including phenoxy) is 1. The lowest BCUT2D eigenvalue weighted by Crippen LogP contribution is -2.20. The van der Waals surface area contributed by atoms with Crippen LogP contribution in [0.15, 0.2) is 23.4 Å². The first-order valence-electron chi connectivity index (χ1n) is 5.89. The van der Waals surface area contributed by atoms with Gasteiger partial charge in [-0.25, -0.2) is 4.98 Å². The van der Waals surface area contributed by atoms with Crippen LogP contribution in [0.3, 0.4) is 0 Å². The molecule has 0 bridgehead atoms. The molecule has 0 radical (unpaired) electrons. The van der Waals surface area contributed by atoms with E-state index in [4.69, 9.17) is 4.74 Å². The van der Waals surface area contributed by atoms with E-state index in [1.807, 2.05) is 0 Å². The first kappa shape index (κ1) is 16.3. The third-order valence-electron chi connectivity index (χ3n) is 2.29. The van der Waals surface area contributed by atoms with E-state index in [-0.39, 0.29) is 0 Å². The maximum Gasteiger partial charge on any atom is 0.417 e. The SMILES string of the molecule is COCCNCCCSc1ccc(C(F)(F)F)cn1. The lowest BCUT2D eigenvalue weighted by atomic mass is 10.3. The molecule has 0 amide bonds. The number of rotatable bonds is 8. The van der Waals surface area contributed by atoms with Gasteiger partial charge in [0.1, 0.15) is 0 Å². The number of halogens is 3. The van der Waals surface area contributed by atoms with Gasteiger partial charge < -0.3 is 10.1 Å². The molecule has 19 heavy (non-hydrogen) atoms. The number of pyridine rings is 1. The van der Waals surface area contributed by atoms with Crippen LogP contribution in [0.25, 0.3) is 0 Å². The highest BCUT2D eigenvalue weighted by Gasteiger charge is 2.30. The molecule has 1 aromatic rings. The first-order valence-corrected chi connectivity index (χ1v) is 6.88. The Bertz CT molecular complexity index is 357. The molecular weight excluding hydrogens is 277 g/mol. The second-order valence-corrected chi connectivity index (χ2v) is 4.94. The van der Waals surface area contributed by atoms with Crippen molar-refractivity contribution in [2.75, 3.05) is 32.6 Å². The Morgan fingerprint density at radius 2 is 2.11 bits per heavy atom. The molecule has 0 unspecified atom stereocenters. The first-order chi connectivity index (χ1) is 9.04. The van der Waals surface area contributed by atoms with Gasteiger partial charge in [0.2, 0.25) is 0 Å². The third-order valence-corrected chi connectivity index (χ3v) is 3.32. The Morgan fingerprint density at radius 1 is 1.32 bits per heavy atom. The van der Waals surface area contributed by atoms with Crippen molar-refractivity contribution in [2.45, 2.75) is 17.6 Å². The van der Waals surface area contributed by atoms with Crippen LogP contribution in [-0.2, 0) is 10.9 Å². The summed E-state index contributed by atoms with van der Waals surface area (Å²) in [7, 11) is 1.65. The Hall–Kier alpha value is -0.790. The fraction of sp³-hybridized carbons (Fsp3) is 0.583. The predicted octanol–water partition coefficient (Wildman–Crippen LogP) is 2.82. The zero-order chi connectivity index (χ0) is 14.1. The van der Waals surface area contributed by atoms with Gasteiger partial charge in [-0.1, -0.05) is 0 Å². The summed E-state index contributed by atoms with van der Waals surface area (Å²) in [5.74, 6) is 0.818. The summed E-state index contributed by atoms with van der Waals surface area (Å²) in [6.45, 7) is 2.34. The normalized spacial score (nSPS) is 11.8. The van der Waals surface area contributed by atoms with Gasteiger partial charge in [0.15, 0.2) is 0 Å². The quantitative estimate of drug-likeness (QED) is 0.590. The van der Waals surface area contributed by atoms with Crippen molar-refractivity contribution in [3.8, 4) is 0 Å². The summed E-state index contributed by atoms with van der Waals surface area (Å²) < 4.78 is 41.8. The van der Waals surface area contributed by atoms with Gasteiger partial charge >= 0.3 is 6.18 Å². The lowest BCUT2D eigenvalue weighted by Gasteiger charge is -2.07. The van der Waals surface area contributed by atoms with Crippen molar-refractivity contribution >= 4 is 11.8 Å². The minimum absolute atomic E-state index is 0.616. The zero-order valence-electron chi connectivity index (χ0n) is 10.7. The van der Waals surface area contributed by atoms with E-state index in [1.54, 1.807) is 7.11 Å². The number of alkyl halides is 3. The van der Waals surface area contributed by atoms with Gasteiger partial charge in [0, 0.05) is 25.6 Å². The molecule has 0 saturated carbocycles. The average molecular weight is 294 g/mol. The fourth-order valence-electron chi connectivity index (χ4n) is 1.31. The Labute approximate surface area is 114 Å². The van der Waals surface area contributed by atoms with Crippen molar-refractivity contribution in [3.63, 3.8) is 0 Å². The predicted molar refractivity (Wildman–Crippen MR) is 69.3 cm³/mol. The molecule has 108 valence electrons. The molecule has 0 aliphatic carbocycles. The second kappa shape index (κ2) is 8.39. The van der Waals surface area contributed by atoms with E-state index in [0.717, 1.165) is 37.5 Å². The standard InChI is InChI=1S/C12H17F3N2OS/c1-18-7-6-16-5-2-8-19-11-4-3-10(9-17-11)12(13,14)15/h3-4,9,16H,2,5-8H2,1H3. The summed E-state index contributed by atoms with van der Waals surface area (Å²) >= 11 is 1.45. The zero-order valence-corrected chi connectivity index (χ0v) is 11.5. The highest BCUT2D eigenvalue weighted by atomic mass is 32.2. The van der Waals surface area contributed by atoms with Gasteiger partial charge in [-0.05, 0) is 25.1 Å². The van der Waals surface area contributed by atoms with Gasteiger partial charge in [-0.15, -0.1) is 11.8 Å². The monoisotopic (exact) mass is 294 g/mol. The third kappa shape index (κ3) is 6.79. The van der Waals surface area contributed by atoms with Crippen LogP contribution in [0, 0.1) is 0 Å². The molecule has 1 aromatic heterocycles. The smallest absolute Gasteiger partial charge is 0.383 e. The number of aromatic nitrogens is 1. The summed E-state index contributed by atoms with van der Waals surface area (Å²) in [6, 6.07) is 2.47. The van der Waals surface area contributed by atoms with Crippen molar-refractivity contribution in [2.24, 2.45) is 0 Å². The molecule has 7 heteroatoms. The maximum absolute atomic E-state index is 12.3. The number of methoxy groups -OCH3 is 1. The van der Waals surface area contributed by atoms with E-state index in [9.17, 15) is 13.2 Å². The van der Waals surface area contributed by atoms with E-state index >= 15 is 0 Å². The number of hydrogen-bond acceptors (Lipinski definition) is 4. The molecule has 1 heterocycles. The van der Waals surface area contributed by atoms with E-state index in [0.29, 0.717) is 11.6 Å². The summed E-state index contributed by atoms with van der Waals surface area (Å²) in [6.07, 6.45) is -2.52. The molecule has 0 fully saturated rings. The molecule has 0 aliphatic heterocycles. The van der Waals surface area contributed by atoms with Gasteiger partial charge in [0.25, 0.3) is 0 Å². The molecule has 3 nitrogen and oxygen atoms in total. The topological polar surface area (TPSA) is 34.1 Å². The summed E-state index contributed by atoms with van der Waals surface area (Å²) in [5.41, 5.74) is -0.710. The Kier molecular flexibility index (Phi) is 7.19. The molecule has 0 aromatic carbocycles. The average Bonchev–Trinajstić information content (AvgIpc) is 2.37. The Morgan fingerprint density at radius 3 is 2.68 bits per heavy atom. The molecule has 0 atom stereocenters.